The van der Waals surface area contributed by atoms with E-state index in [1.54, 1.807) is 12.3 Å². The summed E-state index contributed by atoms with van der Waals surface area (Å²) in [7, 11) is 0. The zero-order valence-corrected chi connectivity index (χ0v) is 7.75. The van der Waals surface area contributed by atoms with Crippen LogP contribution >= 0.6 is 11.6 Å². The molecular formula is C9H10ClN3. The molecule has 0 radical (unpaired) electrons. The zero-order valence-electron chi connectivity index (χ0n) is 7.00. The second kappa shape index (κ2) is 4.62. The molecule has 0 bridgehead atoms. The molecule has 1 aromatic rings. The molecule has 68 valence electrons. The topological polar surface area (TPSA) is 62.2 Å². The first-order chi connectivity index (χ1) is 6.20. The average molecular weight is 196 g/mol. The number of rotatable bonds is 3. The number of nitrogens with zero attached hydrogens (tertiary/aromatic N) is 1. The molecule has 0 saturated heterocycles. The van der Waals surface area contributed by atoms with Crippen molar-refractivity contribution >= 4 is 23.7 Å². The highest BCUT2D eigenvalue weighted by Gasteiger charge is 1.93. The first kappa shape index (κ1) is 9.74. The second-order valence-corrected chi connectivity index (χ2v) is 2.92. The Kier molecular flexibility index (Phi) is 3.46. The Morgan fingerprint density at radius 2 is 2.23 bits per heavy atom. The van der Waals surface area contributed by atoms with Gasteiger partial charge in [-0.05, 0) is 6.07 Å². The van der Waals surface area contributed by atoms with Crippen molar-refractivity contribution in [2.24, 2.45) is 10.7 Å². The van der Waals surface area contributed by atoms with Gasteiger partial charge >= 0.3 is 0 Å². The molecule has 0 aliphatic heterocycles. The van der Waals surface area contributed by atoms with Crippen LogP contribution in [-0.2, 0) is 0 Å². The van der Waals surface area contributed by atoms with Gasteiger partial charge in [0.05, 0.1) is 6.54 Å². The fourth-order valence-electron chi connectivity index (χ4n) is 0.822. The fourth-order valence-corrected chi connectivity index (χ4v) is 1.01. The quantitative estimate of drug-likeness (QED) is 0.560. The molecular weight excluding hydrogens is 186 g/mol. The van der Waals surface area contributed by atoms with Gasteiger partial charge in [-0.3, -0.25) is 10.4 Å². The number of hydrogen-bond donors (Lipinski definition) is 2. The van der Waals surface area contributed by atoms with E-state index in [2.05, 4.69) is 4.99 Å². The summed E-state index contributed by atoms with van der Waals surface area (Å²) >= 11 is 5.86. The monoisotopic (exact) mass is 195 g/mol. The Bertz CT molecular complexity index is 333. The van der Waals surface area contributed by atoms with E-state index in [-0.39, 0.29) is 12.4 Å². The van der Waals surface area contributed by atoms with E-state index >= 15 is 0 Å². The third kappa shape index (κ3) is 3.25. The Labute approximate surface area is 81.8 Å². The van der Waals surface area contributed by atoms with Crippen molar-refractivity contribution in [3.63, 3.8) is 0 Å². The fraction of sp³-hybridized carbons (Fsp3) is 0.111. The Morgan fingerprint density at radius 1 is 1.54 bits per heavy atom. The van der Waals surface area contributed by atoms with Gasteiger partial charge in [0.1, 0.15) is 5.84 Å². The summed E-state index contributed by atoms with van der Waals surface area (Å²) in [4.78, 5) is 3.94. The molecule has 0 unspecified atom stereocenters. The van der Waals surface area contributed by atoms with Gasteiger partial charge in [-0.1, -0.05) is 29.8 Å². The number of hydrogen-bond acceptors (Lipinski definition) is 2. The predicted molar refractivity (Wildman–Crippen MR) is 55.8 cm³/mol. The maximum Gasteiger partial charge on any atom is 0.113 e. The van der Waals surface area contributed by atoms with E-state index < -0.39 is 0 Å². The van der Waals surface area contributed by atoms with Crippen molar-refractivity contribution in [2.75, 3.05) is 6.54 Å². The summed E-state index contributed by atoms with van der Waals surface area (Å²) in [5.41, 5.74) is 5.97. The van der Waals surface area contributed by atoms with E-state index in [1.807, 2.05) is 18.2 Å². The van der Waals surface area contributed by atoms with Crippen molar-refractivity contribution in [3.8, 4) is 0 Å². The Hall–Kier alpha value is -1.35. The van der Waals surface area contributed by atoms with Crippen molar-refractivity contribution in [3.05, 3.63) is 34.9 Å². The van der Waals surface area contributed by atoms with E-state index in [9.17, 15) is 0 Å². The van der Waals surface area contributed by atoms with Crippen LogP contribution in [0.3, 0.4) is 0 Å². The third-order valence-electron chi connectivity index (χ3n) is 1.40. The summed E-state index contributed by atoms with van der Waals surface area (Å²) in [6, 6.07) is 7.37. The van der Waals surface area contributed by atoms with E-state index in [0.717, 1.165) is 5.56 Å². The summed E-state index contributed by atoms with van der Waals surface area (Å²) in [6.45, 7) is 0.214. The van der Waals surface area contributed by atoms with Crippen LogP contribution in [0.1, 0.15) is 5.56 Å². The number of benzene rings is 1. The molecule has 0 aliphatic carbocycles. The second-order valence-electron chi connectivity index (χ2n) is 2.52. The lowest BCUT2D eigenvalue weighted by atomic mass is 10.2. The van der Waals surface area contributed by atoms with Crippen molar-refractivity contribution in [1.29, 1.82) is 5.41 Å². The normalized spacial score (nSPS) is 10.5. The maximum absolute atomic E-state index is 6.94. The molecule has 1 rings (SSSR count). The highest BCUT2D eigenvalue weighted by molar-refractivity contribution is 6.33. The molecule has 13 heavy (non-hydrogen) atoms. The SMILES string of the molecule is N=C(N)CN=Cc1ccccc1Cl. The van der Waals surface area contributed by atoms with Crippen LogP contribution < -0.4 is 5.73 Å². The molecule has 0 heterocycles. The number of aliphatic imine (C=N–C) groups is 1. The third-order valence-corrected chi connectivity index (χ3v) is 1.74. The van der Waals surface area contributed by atoms with Gasteiger partial charge < -0.3 is 5.73 Å². The van der Waals surface area contributed by atoms with Crippen molar-refractivity contribution in [2.45, 2.75) is 0 Å². The molecule has 3 N–H and O–H groups in total. The van der Waals surface area contributed by atoms with Crippen LogP contribution in [0.2, 0.25) is 5.02 Å². The van der Waals surface area contributed by atoms with Crippen molar-refractivity contribution in [1.82, 2.24) is 0 Å². The molecule has 0 fully saturated rings. The molecule has 1 aromatic carbocycles. The van der Waals surface area contributed by atoms with Crippen LogP contribution in [0.25, 0.3) is 0 Å². The van der Waals surface area contributed by atoms with Gasteiger partial charge in [-0.15, -0.1) is 0 Å². The van der Waals surface area contributed by atoms with E-state index in [1.165, 1.54) is 0 Å². The Morgan fingerprint density at radius 3 is 2.85 bits per heavy atom. The smallest absolute Gasteiger partial charge is 0.113 e. The van der Waals surface area contributed by atoms with Crippen LogP contribution in [0.5, 0.6) is 0 Å². The highest BCUT2D eigenvalue weighted by atomic mass is 35.5. The minimum absolute atomic E-state index is 0.0447. The molecule has 0 spiro atoms. The Balaban J connectivity index is 2.68. The van der Waals surface area contributed by atoms with Crippen LogP contribution in [-0.4, -0.2) is 18.6 Å². The number of nitrogens with one attached hydrogen (secondary N) is 1. The minimum Gasteiger partial charge on any atom is -0.386 e. The lowest BCUT2D eigenvalue weighted by Crippen LogP contribution is -2.13. The lowest BCUT2D eigenvalue weighted by Gasteiger charge is -1.95. The summed E-state index contributed by atoms with van der Waals surface area (Å²) < 4.78 is 0. The van der Waals surface area contributed by atoms with Crippen LogP contribution in [0.15, 0.2) is 29.3 Å². The maximum atomic E-state index is 6.94. The number of halogens is 1. The predicted octanol–water partition coefficient (Wildman–Crippen LogP) is 1.69. The van der Waals surface area contributed by atoms with Crippen molar-refractivity contribution < 1.29 is 0 Å². The van der Waals surface area contributed by atoms with Gasteiger partial charge in [-0.25, -0.2) is 0 Å². The van der Waals surface area contributed by atoms with E-state index in [4.69, 9.17) is 22.7 Å². The standard InChI is InChI=1S/C9H10ClN3/c10-8-4-2-1-3-7(8)5-13-6-9(11)12/h1-5H,6H2,(H3,11,12). The van der Waals surface area contributed by atoms with Gasteiger partial charge in [0.15, 0.2) is 0 Å². The van der Waals surface area contributed by atoms with Gasteiger partial charge in [0, 0.05) is 16.8 Å². The van der Waals surface area contributed by atoms with Crippen LogP contribution in [0.4, 0.5) is 0 Å². The van der Waals surface area contributed by atoms with Crippen LogP contribution in [0, 0.1) is 5.41 Å². The molecule has 4 heteroatoms. The molecule has 0 amide bonds. The van der Waals surface area contributed by atoms with E-state index in [0.29, 0.717) is 5.02 Å². The lowest BCUT2D eigenvalue weighted by molar-refractivity contribution is 1.24. The first-order valence-electron chi connectivity index (χ1n) is 3.77. The molecule has 0 atom stereocenters. The minimum atomic E-state index is 0.0447. The zero-order chi connectivity index (χ0) is 9.68. The molecule has 0 aromatic heterocycles. The molecule has 3 nitrogen and oxygen atoms in total. The van der Waals surface area contributed by atoms with Gasteiger partial charge in [0.25, 0.3) is 0 Å². The average Bonchev–Trinajstić information content (AvgIpc) is 2.08. The molecule has 0 aliphatic rings. The number of nitrogens with two attached hydrogens (primary N) is 1. The van der Waals surface area contributed by atoms with Gasteiger partial charge in [0.2, 0.25) is 0 Å². The van der Waals surface area contributed by atoms with Gasteiger partial charge in [-0.2, -0.15) is 0 Å². The molecule has 0 saturated carbocycles. The number of amidine groups is 1. The first-order valence-corrected chi connectivity index (χ1v) is 4.15. The largest absolute Gasteiger partial charge is 0.386 e. The summed E-state index contributed by atoms with van der Waals surface area (Å²) in [5.74, 6) is 0.0447. The highest BCUT2D eigenvalue weighted by Crippen LogP contribution is 2.11. The summed E-state index contributed by atoms with van der Waals surface area (Å²) in [6.07, 6.45) is 1.61. The summed E-state index contributed by atoms with van der Waals surface area (Å²) in [5, 5.41) is 7.59.